The Morgan fingerprint density at radius 2 is 2.33 bits per heavy atom. The summed E-state index contributed by atoms with van der Waals surface area (Å²) < 4.78 is 1.16. The van der Waals surface area contributed by atoms with Crippen molar-refractivity contribution < 1.29 is 5.11 Å². The van der Waals surface area contributed by atoms with E-state index in [4.69, 9.17) is 0 Å². The molecule has 0 aliphatic carbocycles. The second-order valence-corrected chi connectivity index (χ2v) is 5.38. The van der Waals surface area contributed by atoms with Gasteiger partial charge >= 0.3 is 0 Å². The summed E-state index contributed by atoms with van der Waals surface area (Å²) >= 11 is 3.51. The molecule has 1 aromatic carbocycles. The number of aliphatic hydroxyl groups excluding tert-OH is 1. The van der Waals surface area contributed by atoms with Gasteiger partial charge in [0.15, 0.2) is 0 Å². The lowest BCUT2D eigenvalue weighted by atomic mass is 9.97. The maximum atomic E-state index is 9.31. The lowest BCUT2D eigenvalue weighted by Gasteiger charge is -2.21. The predicted octanol–water partition coefficient (Wildman–Crippen LogP) is 2.19. The molecule has 1 fully saturated rings. The molecule has 2 aliphatic rings. The highest BCUT2D eigenvalue weighted by Crippen LogP contribution is 2.41. The van der Waals surface area contributed by atoms with Crippen LogP contribution in [0, 0.1) is 5.92 Å². The minimum absolute atomic E-state index is 0.330. The molecule has 0 saturated carbocycles. The summed E-state index contributed by atoms with van der Waals surface area (Å²) in [6.07, 6.45) is 2.23. The predicted molar refractivity (Wildman–Crippen MR) is 64.2 cm³/mol. The van der Waals surface area contributed by atoms with Gasteiger partial charge in [0, 0.05) is 35.3 Å². The number of hydrogen-bond acceptors (Lipinski definition) is 2. The molecule has 2 atom stereocenters. The molecule has 15 heavy (non-hydrogen) atoms. The third kappa shape index (κ3) is 1.41. The number of benzene rings is 1. The van der Waals surface area contributed by atoms with Gasteiger partial charge in [0.05, 0.1) is 0 Å². The third-order valence-corrected chi connectivity index (χ3v) is 4.19. The summed E-state index contributed by atoms with van der Waals surface area (Å²) in [6.45, 7) is 1.43. The quantitative estimate of drug-likeness (QED) is 0.844. The van der Waals surface area contributed by atoms with Crippen LogP contribution in [-0.4, -0.2) is 24.3 Å². The SMILES string of the molecule is OCC1CCN2c3ccc(Br)cc3CC12. The van der Waals surface area contributed by atoms with Crippen LogP contribution in [0.4, 0.5) is 5.69 Å². The highest BCUT2D eigenvalue weighted by Gasteiger charge is 2.39. The summed E-state index contributed by atoms with van der Waals surface area (Å²) in [4.78, 5) is 2.46. The van der Waals surface area contributed by atoms with Gasteiger partial charge in [-0.1, -0.05) is 15.9 Å². The molecule has 3 rings (SSSR count). The first-order valence-electron chi connectivity index (χ1n) is 5.45. The molecule has 0 bridgehead atoms. The van der Waals surface area contributed by atoms with Gasteiger partial charge in [-0.3, -0.25) is 0 Å². The minimum atomic E-state index is 0.330. The van der Waals surface area contributed by atoms with E-state index in [0.717, 1.165) is 23.9 Å². The lowest BCUT2D eigenvalue weighted by Crippen LogP contribution is -2.30. The second-order valence-electron chi connectivity index (χ2n) is 4.47. The van der Waals surface area contributed by atoms with E-state index < -0.39 is 0 Å². The first-order chi connectivity index (χ1) is 7.29. The fourth-order valence-electron chi connectivity index (χ4n) is 2.93. The molecule has 3 heteroatoms. The van der Waals surface area contributed by atoms with E-state index in [9.17, 15) is 5.11 Å². The Bertz CT molecular complexity index is 393. The van der Waals surface area contributed by atoms with Crippen molar-refractivity contribution in [2.24, 2.45) is 5.92 Å². The van der Waals surface area contributed by atoms with E-state index in [2.05, 4.69) is 39.0 Å². The molecule has 2 heterocycles. The summed E-state index contributed by atoms with van der Waals surface area (Å²) in [5.41, 5.74) is 2.80. The fraction of sp³-hybridized carbons (Fsp3) is 0.500. The normalized spacial score (nSPS) is 28.0. The van der Waals surface area contributed by atoms with Crippen LogP contribution in [0.3, 0.4) is 0 Å². The largest absolute Gasteiger partial charge is 0.396 e. The smallest absolute Gasteiger partial charge is 0.0479 e. The molecule has 2 nitrogen and oxygen atoms in total. The maximum absolute atomic E-state index is 9.31. The van der Waals surface area contributed by atoms with E-state index in [-0.39, 0.29) is 0 Å². The number of halogens is 1. The molecule has 0 amide bonds. The van der Waals surface area contributed by atoms with Crippen molar-refractivity contribution in [3.8, 4) is 0 Å². The summed E-state index contributed by atoms with van der Waals surface area (Å²) in [6, 6.07) is 7.05. The van der Waals surface area contributed by atoms with Crippen molar-refractivity contribution in [3.63, 3.8) is 0 Å². The lowest BCUT2D eigenvalue weighted by molar-refractivity contribution is 0.218. The summed E-state index contributed by atoms with van der Waals surface area (Å²) in [5, 5.41) is 9.31. The summed E-state index contributed by atoms with van der Waals surface area (Å²) in [5.74, 6) is 0.469. The van der Waals surface area contributed by atoms with Gasteiger partial charge in [0.1, 0.15) is 0 Å². The van der Waals surface area contributed by atoms with E-state index in [1.165, 1.54) is 11.3 Å². The van der Waals surface area contributed by atoms with Gasteiger partial charge < -0.3 is 10.0 Å². The van der Waals surface area contributed by atoms with Gasteiger partial charge in [-0.05, 0) is 36.6 Å². The van der Waals surface area contributed by atoms with Crippen LogP contribution in [0.25, 0.3) is 0 Å². The molecule has 2 aliphatic heterocycles. The number of nitrogens with zero attached hydrogens (tertiary/aromatic N) is 1. The topological polar surface area (TPSA) is 23.5 Å². The molecule has 1 aromatic rings. The Hall–Kier alpha value is -0.540. The number of anilines is 1. The van der Waals surface area contributed by atoms with Crippen LogP contribution >= 0.6 is 15.9 Å². The molecule has 1 N–H and O–H groups in total. The van der Waals surface area contributed by atoms with Crippen LogP contribution < -0.4 is 4.90 Å². The minimum Gasteiger partial charge on any atom is -0.396 e. The van der Waals surface area contributed by atoms with Gasteiger partial charge in [0.25, 0.3) is 0 Å². The standard InChI is InChI=1S/C12H14BrNO/c13-10-1-2-11-9(5-10)6-12-8(7-15)3-4-14(11)12/h1-2,5,8,12,15H,3-4,6-7H2. The molecule has 0 radical (unpaired) electrons. The number of fused-ring (bicyclic) bond motifs is 3. The molecule has 80 valence electrons. The Balaban J connectivity index is 1.97. The Morgan fingerprint density at radius 1 is 1.47 bits per heavy atom. The Kier molecular flexibility index (Phi) is 2.25. The van der Waals surface area contributed by atoms with Crippen LogP contribution in [-0.2, 0) is 6.42 Å². The van der Waals surface area contributed by atoms with Crippen LogP contribution in [0.2, 0.25) is 0 Å². The Morgan fingerprint density at radius 3 is 3.13 bits per heavy atom. The highest BCUT2D eigenvalue weighted by atomic mass is 79.9. The average Bonchev–Trinajstić information content (AvgIpc) is 2.74. The van der Waals surface area contributed by atoms with E-state index in [1.54, 1.807) is 0 Å². The van der Waals surface area contributed by atoms with Crippen molar-refractivity contribution in [3.05, 3.63) is 28.2 Å². The zero-order valence-electron chi connectivity index (χ0n) is 8.49. The first-order valence-corrected chi connectivity index (χ1v) is 6.25. The molecule has 0 aromatic heterocycles. The second kappa shape index (κ2) is 3.49. The fourth-order valence-corrected chi connectivity index (χ4v) is 3.34. The molecule has 1 saturated heterocycles. The van der Waals surface area contributed by atoms with Crippen molar-refractivity contribution >= 4 is 21.6 Å². The van der Waals surface area contributed by atoms with E-state index in [1.807, 2.05) is 0 Å². The monoisotopic (exact) mass is 267 g/mol. The van der Waals surface area contributed by atoms with Crippen LogP contribution in [0.1, 0.15) is 12.0 Å². The van der Waals surface area contributed by atoms with Gasteiger partial charge in [0.2, 0.25) is 0 Å². The van der Waals surface area contributed by atoms with Crippen LogP contribution in [0.5, 0.6) is 0 Å². The van der Waals surface area contributed by atoms with Crippen molar-refractivity contribution in [2.75, 3.05) is 18.1 Å². The molecule has 0 spiro atoms. The highest BCUT2D eigenvalue weighted by molar-refractivity contribution is 9.10. The zero-order chi connectivity index (χ0) is 10.4. The third-order valence-electron chi connectivity index (χ3n) is 3.70. The maximum Gasteiger partial charge on any atom is 0.0479 e. The number of rotatable bonds is 1. The van der Waals surface area contributed by atoms with Gasteiger partial charge in [-0.2, -0.15) is 0 Å². The molecular weight excluding hydrogens is 254 g/mol. The number of aliphatic hydroxyl groups is 1. The zero-order valence-corrected chi connectivity index (χ0v) is 10.1. The first kappa shape index (κ1) is 9.67. The summed E-state index contributed by atoms with van der Waals surface area (Å²) in [7, 11) is 0. The molecule has 2 unspecified atom stereocenters. The van der Waals surface area contributed by atoms with Crippen molar-refractivity contribution in [2.45, 2.75) is 18.9 Å². The van der Waals surface area contributed by atoms with Gasteiger partial charge in [-0.15, -0.1) is 0 Å². The van der Waals surface area contributed by atoms with E-state index >= 15 is 0 Å². The van der Waals surface area contributed by atoms with E-state index in [0.29, 0.717) is 18.6 Å². The molecular formula is C12H14BrNO. The average molecular weight is 268 g/mol. The van der Waals surface area contributed by atoms with Gasteiger partial charge in [-0.25, -0.2) is 0 Å². The number of hydrogen-bond donors (Lipinski definition) is 1. The van der Waals surface area contributed by atoms with Crippen molar-refractivity contribution in [1.29, 1.82) is 0 Å². The van der Waals surface area contributed by atoms with Crippen molar-refractivity contribution in [1.82, 2.24) is 0 Å². The Labute approximate surface area is 98.0 Å². The van der Waals surface area contributed by atoms with Crippen LogP contribution in [0.15, 0.2) is 22.7 Å².